The first-order valence-corrected chi connectivity index (χ1v) is 4.39. The second-order valence-electron chi connectivity index (χ2n) is 3.31. The normalized spacial score (nSPS) is 25.7. The molecule has 0 unspecified atom stereocenters. The van der Waals surface area contributed by atoms with E-state index in [2.05, 4.69) is 5.32 Å². The maximum absolute atomic E-state index is 12.6. The fourth-order valence-electron chi connectivity index (χ4n) is 1.52. The number of carbonyl (C=O) groups is 1. The zero-order chi connectivity index (χ0) is 10.1. The number of benzene rings is 1. The minimum absolute atomic E-state index is 0.0760. The third-order valence-corrected chi connectivity index (χ3v) is 2.23. The number of nitrogens with one attached hydrogen (secondary N) is 1. The Morgan fingerprint density at radius 2 is 2.00 bits per heavy atom. The molecule has 0 aromatic heterocycles. The first-order valence-electron chi connectivity index (χ1n) is 4.39. The third kappa shape index (κ3) is 1.55. The number of cyclic esters (lactones) is 1. The van der Waals surface area contributed by atoms with Gasteiger partial charge in [-0.1, -0.05) is 12.1 Å². The number of amides is 1. The number of alkyl carbamates (subject to hydrolysis) is 1. The summed E-state index contributed by atoms with van der Waals surface area (Å²) >= 11 is 0. The highest BCUT2D eigenvalue weighted by molar-refractivity contribution is 5.70. The Balaban J connectivity index is 2.23. The highest BCUT2D eigenvalue weighted by Gasteiger charge is 2.31. The molecule has 1 saturated heterocycles. The van der Waals surface area contributed by atoms with Crippen molar-refractivity contribution in [3.8, 4) is 0 Å². The van der Waals surface area contributed by atoms with Crippen molar-refractivity contribution in [2.75, 3.05) is 0 Å². The second kappa shape index (κ2) is 3.29. The van der Waals surface area contributed by atoms with E-state index in [9.17, 15) is 9.18 Å². The molecule has 1 amide bonds. The van der Waals surface area contributed by atoms with E-state index in [0.717, 1.165) is 5.56 Å². The first kappa shape index (κ1) is 8.99. The van der Waals surface area contributed by atoms with Crippen LogP contribution in [0.4, 0.5) is 9.18 Å². The lowest BCUT2D eigenvalue weighted by Gasteiger charge is -2.12. The first-order chi connectivity index (χ1) is 6.66. The standard InChI is InChI=1S/C10H10FNO2/c1-6-9(14-10(13)12-6)7-2-4-8(11)5-3-7/h2-6,9H,1H3,(H,12,13)/t6-,9-/m0/s1. The molecule has 0 bridgehead atoms. The lowest BCUT2D eigenvalue weighted by Crippen LogP contribution is -2.23. The van der Waals surface area contributed by atoms with Gasteiger partial charge in [0.1, 0.15) is 11.9 Å². The van der Waals surface area contributed by atoms with E-state index in [1.54, 1.807) is 12.1 Å². The Bertz CT molecular complexity index is 350. The Kier molecular flexibility index (Phi) is 2.11. The van der Waals surface area contributed by atoms with Gasteiger partial charge in [0.2, 0.25) is 0 Å². The molecule has 1 aromatic carbocycles. The number of carbonyl (C=O) groups excluding carboxylic acids is 1. The smallest absolute Gasteiger partial charge is 0.408 e. The molecule has 1 aliphatic heterocycles. The molecule has 1 aliphatic rings. The van der Waals surface area contributed by atoms with Crippen LogP contribution in [0.3, 0.4) is 0 Å². The van der Waals surface area contributed by atoms with E-state index in [1.165, 1.54) is 12.1 Å². The minimum Gasteiger partial charge on any atom is -0.439 e. The third-order valence-electron chi connectivity index (χ3n) is 2.23. The van der Waals surface area contributed by atoms with Crippen LogP contribution in [-0.2, 0) is 4.74 Å². The summed E-state index contributed by atoms with van der Waals surface area (Å²) in [6.07, 6.45) is -0.741. The van der Waals surface area contributed by atoms with Crippen molar-refractivity contribution in [3.05, 3.63) is 35.6 Å². The van der Waals surface area contributed by atoms with Gasteiger partial charge in [-0.05, 0) is 24.6 Å². The summed E-state index contributed by atoms with van der Waals surface area (Å²) in [4.78, 5) is 10.9. The molecule has 14 heavy (non-hydrogen) atoms. The van der Waals surface area contributed by atoms with Crippen molar-refractivity contribution in [3.63, 3.8) is 0 Å². The van der Waals surface area contributed by atoms with Crippen LogP contribution in [0, 0.1) is 5.82 Å². The molecule has 2 atom stereocenters. The molecule has 2 rings (SSSR count). The summed E-state index contributed by atoms with van der Waals surface area (Å²) in [5, 5.41) is 2.63. The predicted octanol–water partition coefficient (Wildman–Crippen LogP) is 2.00. The molecule has 1 fully saturated rings. The highest BCUT2D eigenvalue weighted by atomic mass is 19.1. The predicted molar refractivity (Wildman–Crippen MR) is 48.2 cm³/mol. The van der Waals surface area contributed by atoms with E-state index in [-0.39, 0.29) is 18.0 Å². The summed E-state index contributed by atoms with van der Waals surface area (Å²) in [7, 11) is 0. The van der Waals surface area contributed by atoms with E-state index in [0.29, 0.717) is 0 Å². The van der Waals surface area contributed by atoms with Crippen LogP contribution in [0.1, 0.15) is 18.6 Å². The summed E-state index contributed by atoms with van der Waals surface area (Å²) < 4.78 is 17.7. The van der Waals surface area contributed by atoms with Crippen molar-refractivity contribution in [1.82, 2.24) is 5.32 Å². The number of halogens is 1. The lowest BCUT2D eigenvalue weighted by molar-refractivity contribution is 0.134. The molecule has 1 heterocycles. The Morgan fingerprint density at radius 1 is 1.36 bits per heavy atom. The van der Waals surface area contributed by atoms with Gasteiger partial charge in [-0.3, -0.25) is 0 Å². The van der Waals surface area contributed by atoms with Gasteiger partial charge >= 0.3 is 6.09 Å². The molecule has 0 radical (unpaired) electrons. The molecule has 0 spiro atoms. The van der Waals surface area contributed by atoms with Crippen molar-refractivity contribution >= 4 is 6.09 Å². The van der Waals surface area contributed by atoms with Crippen LogP contribution >= 0.6 is 0 Å². The van der Waals surface area contributed by atoms with Crippen molar-refractivity contribution < 1.29 is 13.9 Å². The molecular formula is C10H10FNO2. The molecule has 1 aromatic rings. The number of ether oxygens (including phenoxy) is 1. The lowest BCUT2D eigenvalue weighted by atomic mass is 10.0. The van der Waals surface area contributed by atoms with Crippen LogP contribution in [0.15, 0.2) is 24.3 Å². The van der Waals surface area contributed by atoms with Gasteiger partial charge in [-0.2, -0.15) is 0 Å². The van der Waals surface area contributed by atoms with Gasteiger partial charge in [-0.15, -0.1) is 0 Å². The molecular weight excluding hydrogens is 185 g/mol. The van der Waals surface area contributed by atoms with Crippen molar-refractivity contribution in [2.45, 2.75) is 19.1 Å². The number of hydrogen-bond donors (Lipinski definition) is 1. The van der Waals surface area contributed by atoms with Crippen LogP contribution in [0.5, 0.6) is 0 Å². The molecule has 4 heteroatoms. The Labute approximate surface area is 80.9 Å². The van der Waals surface area contributed by atoms with Gasteiger partial charge in [0.25, 0.3) is 0 Å². The number of rotatable bonds is 1. The zero-order valence-corrected chi connectivity index (χ0v) is 7.66. The quantitative estimate of drug-likeness (QED) is 0.744. The maximum Gasteiger partial charge on any atom is 0.408 e. The van der Waals surface area contributed by atoms with E-state index in [1.807, 2.05) is 6.92 Å². The SMILES string of the molecule is C[C@@H]1NC(=O)O[C@@H]1c1ccc(F)cc1. The van der Waals surface area contributed by atoms with E-state index >= 15 is 0 Å². The fraction of sp³-hybridized carbons (Fsp3) is 0.300. The largest absolute Gasteiger partial charge is 0.439 e. The zero-order valence-electron chi connectivity index (χ0n) is 7.66. The average Bonchev–Trinajstić information content (AvgIpc) is 2.47. The Hall–Kier alpha value is -1.58. The maximum atomic E-state index is 12.6. The molecule has 1 N–H and O–H groups in total. The van der Waals surface area contributed by atoms with Gasteiger partial charge in [0.15, 0.2) is 0 Å². The summed E-state index contributed by atoms with van der Waals surface area (Å²) in [5.41, 5.74) is 0.803. The summed E-state index contributed by atoms with van der Waals surface area (Å²) in [6.45, 7) is 1.85. The van der Waals surface area contributed by atoms with Gasteiger partial charge in [0.05, 0.1) is 6.04 Å². The highest BCUT2D eigenvalue weighted by Crippen LogP contribution is 2.25. The topological polar surface area (TPSA) is 38.3 Å². The monoisotopic (exact) mass is 195 g/mol. The average molecular weight is 195 g/mol. The molecule has 0 aliphatic carbocycles. The van der Waals surface area contributed by atoms with Gasteiger partial charge in [0, 0.05) is 0 Å². The molecule has 74 valence electrons. The second-order valence-corrected chi connectivity index (χ2v) is 3.31. The van der Waals surface area contributed by atoms with Gasteiger partial charge in [-0.25, -0.2) is 9.18 Å². The van der Waals surface area contributed by atoms with Crippen LogP contribution in [0.25, 0.3) is 0 Å². The fourth-order valence-corrected chi connectivity index (χ4v) is 1.52. The Morgan fingerprint density at radius 3 is 2.50 bits per heavy atom. The van der Waals surface area contributed by atoms with Crippen LogP contribution in [0.2, 0.25) is 0 Å². The van der Waals surface area contributed by atoms with Crippen LogP contribution < -0.4 is 5.32 Å². The summed E-state index contributed by atoms with van der Waals surface area (Å²) in [5.74, 6) is -0.293. The van der Waals surface area contributed by atoms with Crippen LogP contribution in [-0.4, -0.2) is 12.1 Å². The van der Waals surface area contributed by atoms with Gasteiger partial charge < -0.3 is 10.1 Å². The summed E-state index contributed by atoms with van der Waals surface area (Å²) in [6, 6.07) is 5.88. The van der Waals surface area contributed by atoms with E-state index in [4.69, 9.17) is 4.74 Å². The van der Waals surface area contributed by atoms with Crippen molar-refractivity contribution in [2.24, 2.45) is 0 Å². The molecule has 3 nitrogen and oxygen atoms in total. The van der Waals surface area contributed by atoms with E-state index < -0.39 is 6.09 Å². The minimum atomic E-state index is -0.424. The van der Waals surface area contributed by atoms with Crippen molar-refractivity contribution in [1.29, 1.82) is 0 Å². The number of hydrogen-bond acceptors (Lipinski definition) is 2. The molecule has 0 saturated carbocycles.